The third-order valence-electron chi connectivity index (χ3n) is 4.77. The van der Waals surface area contributed by atoms with E-state index >= 15 is 0 Å². The van der Waals surface area contributed by atoms with Crippen molar-refractivity contribution in [1.29, 1.82) is 0 Å². The standard InChI is InChI=1S/C24H36O3/c1-3-4-5-6-7-8-9-10-11-12-13-14-15-16-17-18-19-22-20-23(21-26-2)27-24(22)25/h6-7,22-23H,3-5,12-21H2,1-2H3. The van der Waals surface area contributed by atoms with Crippen LogP contribution in [0.15, 0.2) is 12.2 Å². The number of hydrogen-bond acceptors (Lipinski definition) is 3. The van der Waals surface area contributed by atoms with Gasteiger partial charge >= 0.3 is 5.97 Å². The smallest absolute Gasteiger partial charge is 0.309 e. The van der Waals surface area contributed by atoms with E-state index < -0.39 is 0 Å². The molecule has 1 heterocycles. The molecule has 0 bridgehead atoms. The number of unbranched alkanes of at least 4 members (excludes halogenated alkanes) is 8. The summed E-state index contributed by atoms with van der Waals surface area (Å²) in [5, 5.41) is 0. The Kier molecular flexibility index (Phi) is 14.2. The molecule has 2 unspecified atom stereocenters. The minimum absolute atomic E-state index is 0.0321. The Labute approximate surface area is 166 Å². The van der Waals surface area contributed by atoms with Crippen LogP contribution in [0.1, 0.15) is 84.0 Å². The molecule has 0 aliphatic carbocycles. The SMILES string of the molecule is CCCCC=CC#CC#CCCCCCCCCC1CC(COC)OC1=O. The highest BCUT2D eigenvalue weighted by molar-refractivity contribution is 5.74. The quantitative estimate of drug-likeness (QED) is 0.245. The van der Waals surface area contributed by atoms with Gasteiger partial charge in [-0.3, -0.25) is 4.79 Å². The number of carbonyl (C=O) groups is 1. The zero-order valence-electron chi connectivity index (χ0n) is 17.2. The van der Waals surface area contributed by atoms with E-state index in [1.807, 2.05) is 6.08 Å². The van der Waals surface area contributed by atoms with E-state index in [1.54, 1.807) is 7.11 Å². The summed E-state index contributed by atoms with van der Waals surface area (Å²) >= 11 is 0. The molecule has 2 atom stereocenters. The fourth-order valence-corrected chi connectivity index (χ4v) is 3.21. The molecule has 1 aliphatic heterocycles. The lowest BCUT2D eigenvalue weighted by molar-refractivity contribution is -0.145. The van der Waals surface area contributed by atoms with Crippen LogP contribution in [-0.2, 0) is 14.3 Å². The molecule has 0 N–H and O–H groups in total. The van der Waals surface area contributed by atoms with Crippen molar-refractivity contribution in [2.24, 2.45) is 5.92 Å². The number of hydrogen-bond donors (Lipinski definition) is 0. The Balaban J connectivity index is 1.92. The van der Waals surface area contributed by atoms with Crippen molar-refractivity contribution >= 4 is 5.97 Å². The van der Waals surface area contributed by atoms with E-state index in [2.05, 4.69) is 36.7 Å². The largest absolute Gasteiger partial charge is 0.460 e. The summed E-state index contributed by atoms with van der Waals surface area (Å²) in [7, 11) is 1.65. The highest BCUT2D eigenvalue weighted by Gasteiger charge is 2.33. The first-order valence-corrected chi connectivity index (χ1v) is 10.6. The molecule has 0 spiro atoms. The number of allylic oxidation sites excluding steroid dienone is 2. The lowest BCUT2D eigenvalue weighted by Gasteiger charge is -2.06. The Morgan fingerprint density at radius 2 is 1.89 bits per heavy atom. The minimum Gasteiger partial charge on any atom is -0.460 e. The maximum Gasteiger partial charge on any atom is 0.309 e. The van der Waals surface area contributed by atoms with Crippen LogP contribution in [0.25, 0.3) is 0 Å². The molecule has 1 rings (SSSR count). The monoisotopic (exact) mass is 372 g/mol. The number of esters is 1. The molecule has 150 valence electrons. The summed E-state index contributed by atoms with van der Waals surface area (Å²) in [6.45, 7) is 2.71. The van der Waals surface area contributed by atoms with Gasteiger partial charge in [0.05, 0.1) is 12.5 Å². The van der Waals surface area contributed by atoms with E-state index in [4.69, 9.17) is 9.47 Å². The molecule has 1 saturated heterocycles. The molecular formula is C24H36O3. The van der Waals surface area contributed by atoms with Crippen LogP contribution in [0.2, 0.25) is 0 Å². The maximum absolute atomic E-state index is 11.7. The van der Waals surface area contributed by atoms with E-state index in [1.165, 1.54) is 38.5 Å². The normalized spacial score (nSPS) is 18.7. The molecular weight excluding hydrogens is 336 g/mol. The Bertz CT molecular complexity index is 541. The van der Waals surface area contributed by atoms with Gasteiger partial charge in [-0.05, 0) is 43.6 Å². The Hall–Kier alpha value is -1.71. The van der Waals surface area contributed by atoms with Crippen molar-refractivity contribution in [3.05, 3.63) is 12.2 Å². The lowest BCUT2D eigenvalue weighted by Crippen LogP contribution is -2.13. The first kappa shape index (κ1) is 23.3. The molecule has 1 aliphatic rings. The van der Waals surface area contributed by atoms with E-state index in [-0.39, 0.29) is 18.0 Å². The maximum atomic E-state index is 11.7. The predicted octanol–water partition coefficient (Wildman–Crippen LogP) is 5.44. The molecule has 0 saturated carbocycles. The summed E-state index contributed by atoms with van der Waals surface area (Å²) in [5.74, 6) is 11.9. The molecule has 1 fully saturated rings. The van der Waals surface area contributed by atoms with Crippen LogP contribution < -0.4 is 0 Å². The highest BCUT2D eigenvalue weighted by atomic mass is 16.6. The summed E-state index contributed by atoms with van der Waals surface area (Å²) in [5.41, 5.74) is 0. The van der Waals surface area contributed by atoms with E-state index in [0.29, 0.717) is 6.61 Å². The summed E-state index contributed by atoms with van der Waals surface area (Å²) in [6, 6.07) is 0. The average molecular weight is 373 g/mol. The van der Waals surface area contributed by atoms with E-state index in [9.17, 15) is 4.79 Å². The second-order valence-electron chi connectivity index (χ2n) is 7.22. The third-order valence-corrected chi connectivity index (χ3v) is 4.77. The van der Waals surface area contributed by atoms with Gasteiger partial charge in [-0.15, -0.1) is 0 Å². The topological polar surface area (TPSA) is 35.5 Å². The number of cyclic esters (lactones) is 1. The van der Waals surface area contributed by atoms with Crippen molar-refractivity contribution in [3.63, 3.8) is 0 Å². The molecule has 0 aromatic rings. The molecule has 0 radical (unpaired) electrons. The van der Waals surface area contributed by atoms with Crippen LogP contribution in [-0.4, -0.2) is 25.8 Å². The van der Waals surface area contributed by atoms with Crippen molar-refractivity contribution in [3.8, 4) is 23.7 Å². The second kappa shape index (κ2) is 16.5. The molecule has 0 aromatic carbocycles. The van der Waals surface area contributed by atoms with Crippen LogP contribution in [0.3, 0.4) is 0 Å². The zero-order chi connectivity index (χ0) is 19.6. The van der Waals surface area contributed by atoms with Crippen LogP contribution in [0.5, 0.6) is 0 Å². The third kappa shape index (κ3) is 12.3. The summed E-state index contributed by atoms with van der Waals surface area (Å²) in [6.07, 6.45) is 17.4. The lowest BCUT2D eigenvalue weighted by atomic mass is 9.97. The first-order chi connectivity index (χ1) is 13.3. The summed E-state index contributed by atoms with van der Waals surface area (Å²) < 4.78 is 10.4. The predicted molar refractivity (Wildman–Crippen MR) is 111 cm³/mol. The average Bonchev–Trinajstić information content (AvgIpc) is 3.01. The molecule has 0 amide bonds. The molecule has 3 nitrogen and oxygen atoms in total. The van der Waals surface area contributed by atoms with Gasteiger partial charge in [0.15, 0.2) is 0 Å². The Morgan fingerprint density at radius 1 is 1.11 bits per heavy atom. The van der Waals surface area contributed by atoms with Crippen molar-refractivity contribution in [2.75, 3.05) is 13.7 Å². The first-order valence-electron chi connectivity index (χ1n) is 10.6. The second-order valence-corrected chi connectivity index (χ2v) is 7.22. The van der Waals surface area contributed by atoms with Gasteiger partial charge in [-0.1, -0.05) is 69.8 Å². The van der Waals surface area contributed by atoms with Gasteiger partial charge in [0, 0.05) is 13.5 Å². The van der Waals surface area contributed by atoms with Gasteiger partial charge in [0.2, 0.25) is 0 Å². The van der Waals surface area contributed by atoms with Crippen molar-refractivity contribution < 1.29 is 14.3 Å². The van der Waals surface area contributed by atoms with Crippen molar-refractivity contribution in [2.45, 2.75) is 90.1 Å². The number of carbonyl (C=O) groups excluding carboxylic acids is 1. The van der Waals surface area contributed by atoms with Gasteiger partial charge in [0.1, 0.15) is 6.10 Å². The molecule has 3 heteroatoms. The zero-order valence-corrected chi connectivity index (χ0v) is 17.2. The van der Waals surface area contributed by atoms with Gasteiger partial charge < -0.3 is 9.47 Å². The highest BCUT2D eigenvalue weighted by Crippen LogP contribution is 2.26. The van der Waals surface area contributed by atoms with E-state index in [0.717, 1.165) is 38.5 Å². The van der Waals surface area contributed by atoms with Gasteiger partial charge in [-0.2, -0.15) is 0 Å². The number of methoxy groups -OCH3 is 1. The van der Waals surface area contributed by atoms with Crippen LogP contribution >= 0.6 is 0 Å². The fraction of sp³-hybridized carbons (Fsp3) is 0.708. The number of ether oxygens (including phenoxy) is 2. The van der Waals surface area contributed by atoms with Gasteiger partial charge in [0.25, 0.3) is 0 Å². The minimum atomic E-state index is -0.0322. The van der Waals surface area contributed by atoms with Crippen LogP contribution in [0.4, 0.5) is 0 Å². The molecule has 0 aromatic heterocycles. The van der Waals surface area contributed by atoms with Crippen molar-refractivity contribution in [1.82, 2.24) is 0 Å². The molecule has 27 heavy (non-hydrogen) atoms. The number of rotatable bonds is 13. The Morgan fingerprint density at radius 3 is 2.67 bits per heavy atom. The fourth-order valence-electron chi connectivity index (χ4n) is 3.21. The summed E-state index contributed by atoms with van der Waals surface area (Å²) in [4.78, 5) is 11.7. The van der Waals surface area contributed by atoms with Gasteiger partial charge in [-0.25, -0.2) is 0 Å². The van der Waals surface area contributed by atoms with Crippen LogP contribution in [0, 0.1) is 29.6 Å².